The molecule has 0 atom stereocenters. The molecule has 160 valence electrons. The van der Waals surface area contributed by atoms with E-state index < -0.39 is 37.2 Å². The summed E-state index contributed by atoms with van der Waals surface area (Å²) in [4.78, 5) is 34.1. The van der Waals surface area contributed by atoms with Gasteiger partial charge < -0.3 is 10.6 Å². The summed E-state index contributed by atoms with van der Waals surface area (Å²) in [5.41, 5.74) is 0.450. The van der Waals surface area contributed by atoms with Gasteiger partial charge in [0, 0.05) is 36.0 Å². The third kappa shape index (κ3) is 5.30. The molecule has 0 fully saturated rings. The first-order chi connectivity index (χ1) is 14.6. The van der Waals surface area contributed by atoms with Gasteiger partial charge in [0.15, 0.2) is 9.84 Å². The predicted octanol–water partition coefficient (Wildman–Crippen LogP) is 1.55. The maximum absolute atomic E-state index is 12.2. The van der Waals surface area contributed by atoms with E-state index in [0.717, 1.165) is 30.1 Å². The number of aromatic nitrogens is 2. The van der Waals surface area contributed by atoms with Crippen LogP contribution in [0.1, 0.15) is 10.4 Å². The standard InChI is InChI=1S/C19H17N5O6S/c1-31(29,30)17-8-3-13(11-16(17)24(27)28)19(26)20-12-18(25)22-14-4-6-15(7-5-14)23-10-2-9-21-23/h2-11H,12H2,1H3,(H,20,26)(H,22,25). The van der Waals surface area contributed by atoms with Crippen LogP contribution >= 0.6 is 0 Å². The number of nitrogens with one attached hydrogen (secondary N) is 2. The van der Waals surface area contributed by atoms with Gasteiger partial charge in [-0.2, -0.15) is 5.10 Å². The molecule has 3 aromatic rings. The van der Waals surface area contributed by atoms with Crippen molar-refractivity contribution in [2.45, 2.75) is 4.90 Å². The van der Waals surface area contributed by atoms with Crippen molar-refractivity contribution < 1.29 is 22.9 Å². The van der Waals surface area contributed by atoms with Gasteiger partial charge in [-0.15, -0.1) is 0 Å². The number of benzene rings is 2. The summed E-state index contributed by atoms with van der Waals surface area (Å²) < 4.78 is 25.0. The Balaban J connectivity index is 1.62. The van der Waals surface area contributed by atoms with Crippen LogP contribution in [0.15, 0.2) is 65.8 Å². The quantitative estimate of drug-likeness (QED) is 0.415. The predicted molar refractivity (Wildman–Crippen MR) is 111 cm³/mol. The second-order valence-corrected chi connectivity index (χ2v) is 8.42. The van der Waals surface area contributed by atoms with Gasteiger partial charge in [0.2, 0.25) is 5.91 Å². The van der Waals surface area contributed by atoms with Gasteiger partial charge in [0.25, 0.3) is 11.6 Å². The minimum Gasteiger partial charge on any atom is -0.343 e. The summed E-state index contributed by atoms with van der Waals surface area (Å²) in [7, 11) is -3.84. The van der Waals surface area contributed by atoms with Crippen molar-refractivity contribution in [1.29, 1.82) is 0 Å². The van der Waals surface area contributed by atoms with Gasteiger partial charge >= 0.3 is 0 Å². The SMILES string of the molecule is CS(=O)(=O)c1ccc(C(=O)NCC(=O)Nc2ccc(-n3cccn3)cc2)cc1[N+](=O)[O-]. The van der Waals surface area contributed by atoms with E-state index in [9.17, 15) is 28.1 Å². The highest BCUT2D eigenvalue weighted by Crippen LogP contribution is 2.25. The lowest BCUT2D eigenvalue weighted by molar-refractivity contribution is -0.387. The fraction of sp³-hybridized carbons (Fsp3) is 0.105. The molecule has 31 heavy (non-hydrogen) atoms. The van der Waals surface area contributed by atoms with Crippen LogP contribution in [0.5, 0.6) is 0 Å². The number of sulfone groups is 1. The first-order valence-corrected chi connectivity index (χ1v) is 10.7. The van der Waals surface area contributed by atoms with E-state index >= 15 is 0 Å². The summed E-state index contributed by atoms with van der Waals surface area (Å²) in [5, 5.41) is 20.2. The lowest BCUT2D eigenvalue weighted by Crippen LogP contribution is -2.32. The number of carbonyl (C=O) groups is 2. The normalized spacial score (nSPS) is 11.0. The number of nitro benzene ring substituents is 1. The monoisotopic (exact) mass is 443 g/mol. The molecular weight excluding hydrogens is 426 g/mol. The summed E-state index contributed by atoms with van der Waals surface area (Å²) >= 11 is 0. The Labute approximate surface area is 176 Å². The number of nitrogens with zero attached hydrogens (tertiary/aromatic N) is 3. The van der Waals surface area contributed by atoms with Crippen molar-refractivity contribution >= 4 is 33.0 Å². The van der Waals surface area contributed by atoms with E-state index in [1.54, 1.807) is 47.4 Å². The Hall–Kier alpha value is -4.06. The third-order valence-electron chi connectivity index (χ3n) is 4.15. The van der Waals surface area contributed by atoms with Gasteiger partial charge in [0.1, 0.15) is 4.90 Å². The number of hydrogen-bond donors (Lipinski definition) is 2. The van der Waals surface area contributed by atoms with Crippen molar-refractivity contribution in [2.75, 3.05) is 18.1 Å². The molecule has 2 amide bonds. The molecule has 0 bridgehead atoms. The Kier molecular flexibility index (Phi) is 6.11. The number of amides is 2. The van der Waals surface area contributed by atoms with Gasteiger partial charge in [0.05, 0.1) is 17.2 Å². The smallest absolute Gasteiger partial charge is 0.288 e. The highest BCUT2D eigenvalue weighted by molar-refractivity contribution is 7.90. The molecule has 12 heteroatoms. The lowest BCUT2D eigenvalue weighted by Gasteiger charge is -2.09. The van der Waals surface area contributed by atoms with Crippen LogP contribution in [0.4, 0.5) is 11.4 Å². The summed E-state index contributed by atoms with van der Waals surface area (Å²) in [5.74, 6) is -1.27. The molecule has 3 rings (SSSR count). The molecule has 2 N–H and O–H groups in total. The fourth-order valence-electron chi connectivity index (χ4n) is 2.70. The molecule has 0 spiro atoms. The van der Waals surface area contributed by atoms with Crippen LogP contribution in [0.3, 0.4) is 0 Å². The molecule has 0 saturated carbocycles. The number of hydrogen-bond acceptors (Lipinski definition) is 7. The van der Waals surface area contributed by atoms with Crippen LogP contribution in [-0.2, 0) is 14.6 Å². The maximum Gasteiger partial charge on any atom is 0.288 e. The van der Waals surface area contributed by atoms with Crippen LogP contribution < -0.4 is 10.6 Å². The molecule has 0 saturated heterocycles. The van der Waals surface area contributed by atoms with E-state index in [2.05, 4.69) is 15.7 Å². The van der Waals surface area contributed by atoms with E-state index in [4.69, 9.17) is 0 Å². The molecule has 0 aliphatic carbocycles. The largest absolute Gasteiger partial charge is 0.343 e. The minimum absolute atomic E-state index is 0.143. The Morgan fingerprint density at radius 3 is 2.45 bits per heavy atom. The number of nitro groups is 1. The van der Waals surface area contributed by atoms with Crippen molar-refractivity contribution in [2.24, 2.45) is 0 Å². The summed E-state index contributed by atoms with van der Waals surface area (Å²) in [6, 6.07) is 11.6. The molecular formula is C19H17N5O6S. The molecule has 0 radical (unpaired) electrons. The zero-order valence-electron chi connectivity index (χ0n) is 16.2. The van der Waals surface area contributed by atoms with Crippen LogP contribution in [0.2, 0.25) is 0 Å². The molecule has 1 aromatic heterocycles. The second kappa shape index (κ2) is 8.75. The molecule has 2 aromatic carbocycles. The zero-order chi connectivity index (χ0) is 22.6. The molecule has 0 aliphatic heterocycles. The van der Waals surface area contributed by atoms with Gasteiger partial charge in [-0.1, -0.05) is 0 Å². The minimum atomic E-state index is -3.84. The Morgan fingerprint density at radius 1 is 1.16 bits per heavy atom. The zero-order valence-corrected chi connectivity index (χ0v) is 17.0. The molecule has 0 unspecified atom stereocenters. The van der Waals surface area contributed by atoms with Gasteiger partial charge in [-0.05, 0) is 42.5 Å². The van der Waals surface area contributed by atoms with E-state index in [1.807, 2.05) is 0 Å². The summed E-state index contributed by atoms with van der Waals surface area (Å²) in [6.45, 7) is -0.388. The average Bonchev–Trinajstić information content (AvgIpc) is 3.26. The average molecular weight is 443 g/mol. The van der Waals surface area contributed by atoms with Crippen molar-refractivity contribution in [3.8, 4) is 5.69 Å². The van der Waals surface area contributed by atoms with Crippen LogP contribution in [-0.4, -0.2) is 47.7 Å². The van der Waals surface area contributed by atoms with Crippen LogP contribution in [0.25, 0.3) is 5.69 Å². The first-order valence-electron chi connectivity index (χ1n) is 8.82. The highest BCUT2D eigenvalue weighted by Gasteiger charge is 2.24. The fourth-order valence-corrected chi connectivity index (χ4v) is 3.53. The molecule has 0 aliphatic rings. The van der Waals surface area contributed by atoms with Gasteiger partial charge in [-0.25, -0.2) is 13.1 Å². The van der Waals surface area contributed by atoms with E-state index in [-0.39, 0.29) is 12.1 Å². The Bertz CT molecular complexity index is 1240. The number of anilines is 1. The topological polar surface area (TPSA) is 153 Å². The van der Waals surface area contributed by atoms with Gasteiger partial charge in [-0.3, -0.25) is 19.7 Å². The Morgan fingerprint density at radius 2 is 1.87 bits per heavy atom. The second-order valence-electron chi connectivity index (χ2n) is 6.44. The van der Waals surface area contributed by atoms with Crippen molar-refractivity contribution in [3.05, 3.63) is 76.6 Å². The van der Waals surface area contributed by atoms with E-state index in [0.29, 0.717) is 5.69 Å². The van der Waals surface area contributed by atoms with Crippen molar-refractivity contribution in [3.63, 3.8) is 0 Å². The third-order valence-corrected chi connectivity index (χ3v) is 5.29. The summed E-state index contributed by atoms with van der Waals surface area (Å²) in [6.07, 6.45) is 4.25. The maximum atomic E-state index is 12.2. The molecule has 11 nitrogen and oxygen atoms in total. The van der Waals surface area contributed by atoms with Crippen molar-refractivity contribution in [1.82, 2.24) is 15.1 Å². The molecule has 1 heterocycles. The van der Waals surface area contributed by atoms with Crippen LogP contribution in [0, 0.1) is 10.1 Å². The van der Waals surface area contributed by atoms with E-state index in [1.165, 1.54) is 0 Å². The number of carbonyl (C=O) groups excluding carboxylic acids is 2. The lowest BCUT2D eigenvalue weighted by atomic mass is 10.2. The number of rotatable bonds is 7. The highest BCUT2D eigenvalue weighted by atomic mass is 32.2. The first kappa shape index (κ1) is 21.6.